The molecule has 94 valence electrons. The summed E-state index contributed by atoms with van der Waals surface area (Å²) in [5.74, 6) is 0.118. The van der Waals surface area contributed by atoms with Crippen molar-refractivity contribution in [1.29, 1.82) is 0 Å². The number of carbonyl (C=O) groups excluding carboxylic acids is 1. The number of hydrogen-bond donors (Lipinski definition) is 1. The number of aliphatic hydroxyl groups excluding tert-OH is 1. The molecule has 1 saturated heterocycles. The number of amides is 1. The molecule has 0 aliphatic carbocycles. The zero-order valence-electron chi connectivity index (χ0n) is 10.3. The molecular formula is C12H23NO3. The Kier molecular flexibility index (Phi) is 5.77. The molecule has 2 unspecified atom stereocenters. The molecule has 0 bridgehead atoms. The van der Waals surface area contributed by atoms with Crippen LogP contribution in [0.25, 0.3) is 0 Å². The average molecular weight is 229 g/mol. The summed E-state index contributed by atoms with van der Waals surface area (Å²) >= 11 is 0. The highest BCUT2D eigenvalue weighted by Gasteiger charge is 2.19. The van der Waals surface area contributed by atoms with Crippen molar-refractivity contribution in [3.05, 3.63) is 0 Å². The SMILES string of the molecule is CC(O)CCN(C)C(=O)CC1CCCCO1. The molecule has 1 N–H and O–H groups in total. The van der Waals surface area contributed by atoms with Crippen LogP contribution in [0.4, 0.5) is 0 Å². The molecule has 0 aromatic heterocycles. The highest BCUT2D eigenvalue weighted by Crippen LogP contribution is 2.16. The maximum atomic E-state index is 11.8. The Hall–Kier alpha value is -0.610. The Morgan fingerprint density at radius 2 is 2.31 bits per heavy atom. The fourth-order valence-electron chi connectivity index (χ4n) is 1.82. The van der Waals surface area contributed by atoms with Gasteiger partial charge < -0.3 is 14.7 Å². The second kappa shape index (κ2) is 6.86. The van der Waals surface area contributed by atoms with Crippen LogP contribution in [0.2, 0.25) is 0 Å². The number of ether oxygens (including phenoxy) is 1. The van der Waals surface area contributed by atoms with Crippen LogP contribution in [0.1, 0.15) is 39.0 Å². The second-order valence-electron chi connectivity index (χ2n) is 4.65. The van der Waals surface area contributed by atoms with Crippen LogP contribution in [0, 0.1) is 0 Å². The third-order valence-corrected chi connectivity index (χ3v) is 2.98. The summed E-state index contributed by atoms with van der Waals surface area (Å²) in [6, 6.07) is 0. The second-order valence-corrected chi connectivity index (χ2v) is 4.65. The summed E-state index contributed by atoms with van der Waals surface area (Å²) in [4.78, 5) is 13.5. The fourth-order valence-corrected chi connectivity index (χ4v) is 1.82. The van der Waals surface area contributed by atoms with E-state index in [-0.39, 0.29) is 18.1 Å². The van der Waals surface area contributed by atoms with E-state index in [9.17, 15) is 4.79 Å². The van der Waals surface area contributed by atoms with Crippen molar-refractivity contribution in [3.63, 3.8) is 0 Å². The molecule has 4 nitrogen and oxygen atoms in total. The quantitative estimate of drug-likeness (QED) is 0.770. The molecule has 0 radical (unpaired) electrons. The van der Waals surface area contributed by atoms with Crippen LogP contribution < -0.4 is 0 Å². The molecule has 0 aromatic carbocycles. The molecule has 4 heteroatoms. The van der Waals surface area contributed by atoms with Gasteiger partial charge in [-0.2, -0.15) is 0 Å². The third kappa shape index (κ3) is 4.94. The van der Waals surface area contributed by atoms with Crippen molar-refractivity contribution in [3.8, 4) is 0 Å². The lowest BCUT2D eigenvalue weighted by molar-refractivity contribution is -0.134. The van der Waals surface area contributed by atoms with Gasteiger partial charge in [0.25, 0.3) is 0 Å². The van der Waals surface area contributed by atoms with Gasteiger partial charge in [-0.3, -0.25) is 4.79 Å². The monoisotopic (exact) mass is 229 g/mol. The normalized spacial score (nSPS) is 22.8. The van der Waals surface area contributed by atoms with Gasteiger partial charge in [-0.05, 0) is 32.6 Å². The maximum Gasteiger partial charge on any atom is 0.224 e. The minimum absolute atomic E-state index is 0.107. The number of hydrogen-bond acceptors (Lipinski definition) is 3. The molecule has 1 aliphatic heterocycles. The van der Waals surface area contributed by atoms with E-state index in [1.165, 1.54) is 0 Å². The highest BCUT2D eigenvalue weighted by molar-refractivity contribution is 5.76. The Morgan fingerprint density at radius 3 is 2.88 bits per heavy atom. The van der Waals surface area contributed by atoms with Gasteiger partial charge >= 0.3 is 0 Å². The largest absolute Gasteiger partial charge is 0.393 e. The summed E-state index contributed by atoms with van der Waals surface area (Å²) in [5, 5.41) is 9.14. The van der Waals surface area contributed by atoms with Gasteiger partial charge in [0.05, 0.1) is 18.6 Å². The predicted molar refractivity (Wildman–Crippen MR) is 62.1 cm³/mol. The summed E-state index contributed by atoms with van der Waals surface area (Å²) in [6.45, 7) is 3.14. The number of nitrogens with zero attached hydrogens (tertiary/aromatic N) is 1. The molecule has 1 rings (SSSR count). The van der Waals surface area contributed by atoms with Crippen LogP contribution in [0.5, 0.6) is 0 Å². The smallest absolute Gasteiger partial charge is 0.224 e. The van der Waals surface area contributed by atoms with Crippen LogP contribution in [0.15, 0.2) is 0 Å². The molecule has 1 amide bonds. The zero-order chi connectivity index (χ0) is 12.0. The lowest BCUT2D eigenvalue weighted by atomic mass is 10.1. The van der Waals surface area contributed by atoms with Crippen LogP contribution in [0.3, 0.4) is 0 Å². The topological polar surface area (TPSA) is 49.8 Å². The van der Waals surface area contributed by atoms with Gasteiger partial charge in [-0.1, -0.05) is 0 Å². The summed E-state index contributed by atoms with van der Waals surface area (Å²) in [5.41, 5.74) is 0. The van der Waals surface area contributed by atoms with Crippen LogP contribution >= 0.6 is 0 Å². The molecule has 2 atom stereocenters. The lowest BCUT2D eigenvalue weighted by Gasteiger charge is -2.25. The zero-order valence-corrected chi connectivity index (χ0v) is 10.3. The van der Waals surface area contributed by atoms with Gasteiger partial charge in [0.15, 0.2) is 0 Å². The number of rotatable bonds is 5. The Morgan fingerprint density at radius 1 is 1.56 bits per heavy atom. The Labute approximate surface area is 97.6 Å². The van der Waals surface area contributed by atoms with Crippen LogP contribution in [-0.4, -0.2) is 48.3 Å². The maximum absolute atomic E-state index is 11.8. The molecule has 1 fully saturated rings. The van der Waals surface area contributed by atoms with Gasteiger partial charge in [0.1, 0.15) is 0 Å². The minimum Gasteiger partial charge on any atom is -0.393 e. The van der Waals surface area contributed by atoms with Crippen LogP contribution in [-0.2, 0) is 9.53 Å². The van der Waals surface area contributed by atoms with E-state index >= 15 is 0 Å². The summed E-state index contributed by atoms with van der Waals surface area (Å²) < 4.78 is 5.53. The van der Waals surface area contributed by atoms with E-state index in [1.54, 1.807) is 18.9 Å². The van der Waals surface area contributed by atoms with Gasteiger partial charge in [0, 0.05) is 20.2 Å². The van der Waals surface area contributed by atoms with Crippen molar-refractivity contribution in [2.75, 3.05) is 20.2 Å². The molecule has 16 heavy (non-hydrogen) atoms. The van der Waals surface area contributed by atoms with Gasteiger partial charge in [-0.25, -0.2) is 0 Å². The standard InChI is InChI=1S/C12H23NO3/c1-10(14)6-7-13(2)12(15)9-11-5-3-4-8-16-11/h10-11,14H,3-9H2,1-2H3. The van der Waals surface area contributed by atoms with Crippen molar-refractivity contribution >= 4 is 5.91 Å². The average Bonchev–Trinajstić information content (AvgIpc) is 2.27. The van der Waals surface area contributed by atoms with Crippen molar-refractivity contribution < 1.29 is 14.6 Å². The third-order valence-electron chi connectivity index (χ3n) is 2.98. The first kappa shape index (κ1) is 13.5. The first-order chi connectivity index (χ1) is 7.59. The van der Waals surface area contributed by atoms with E-state index in [2.05, 4.69) is 0 Å². The van der Waals surface area contributed by atoms with E-state index in [0.29, 0.717) is 19.4 Å². The Bertz CT molecular complexity index is 212. The predicted octanol–water partition coefficient (Wildman–Crippen LogP) is 1.17. The molecule has 0 saturated carbocycles. The highest BCUT2D eigenvalue weighted by atomic mass is 16.5. The van der Waals surface area contributed by atoms with E-state index in [4.69, 9.17) is 9.84 Å². The Balaban J connectivity index is 2.22. The minimum atomic E-state index is -0.346. The van der Waals surface area contributed by atoms with Crippen molar-refractivity contribution in [2.45, 2.75) is 51.2 Å². The molecule has 1 aliphatic rings. The first-order valence-electron chi connectivity index (χ1n) is 6.13. The molecule has 0 aromatic rings. The number of carbonyl (C=O) groups is 1. The molecular weight excluding hydrogens is 206 g/mol. The van der Waals surface area contributed by atoms with Gasteiger partial charge in [0.2, 0.25) is 5.91 Å². The molecule has 1 heterocycles. The van der Waals surface area contributed by atoms with E-state index < -0.39 is 0 Å². The fraction of sp³-hybridized carbons (Fsp3) is 0.917. The molecule has 0 spiro atoms. The summed E-state index contributed by atoms with van der Waals surface area (Å²) in [7, 11) is 1.79. The van der Waals surface area contributed by atoms with E-state index in [1.807, 2.05) is 0 Å². The number of aliphatic hydroxyl groups is 1. The first-order valence-corrected chi connectivity index (χ1v) is 6.13. The van der Waals surface area contributed by atoms with Gasteiger partial charge in [-0.15, -0.1) is 0 Å². The lowest BCUT2D eigenvalue weighted by Crippen LogP contribution is -2.33. The van der Waals surface area contributed by atoms with E-state index in [0.717, 1.165) is 25.9 Å². The van der Waals surface area contributed by atoms with Crippen molar-refractivity contribution in [1.82, 2.24) is 4.90 Å². The summed E-state index contributed by atoms with van der Waals surface area (Å²) in [6.07, 6.45) is 4.15. The van der Waals surface area contributed by atoms with Crippen molar-refractivity contribution in [2.24, 2.45) is 0 Å².